The van der Waals surface area contributed by atoms with Gasteiger partial charge in [0.1, 0.15) is 17.0 Å². The standard InChI is InChI=1S/C24H18N4O5S/c1-32-14-5-4-13-11-28(21(29)15(13)9-14)12-24(22(30)26-23(31)27-24)20-10-17-18(33-20)7-6-16(25-17)19-3-2-8-34-19/h2-10H,11-12H2,1H3,(H2,26,27,30,31)/t24-/m0/s1. The number of thiophene rings is 1. The van der Waals surface area contributed by atoms with Crippen LogP contribution in [0.25, 0.3) is 21.7 Å². The summed E-state index contributed by atoms with van der Waals surface area (Å²) in [6.07, 6.45) is 0. The molecule has 4 amide bonds. The van der Waals surface area contributed by atoms with Gasteiger partial charge in [-0.05, 0) is 41.3 Å². The van der Waals surface area contributed by atoms with E-state index in [1.165, 1.54) is 12.0 Å². The molecular weight excluding hydrogens is 456 g/mol. The van der Waals surface area contributed by atoms with E-state index in [0.717, 1.165) is 16.1 Å². The molecule has 0 radical (unpaired) electrons. The van der Waals surface area contributed by atoms with Gasteiger partial charge in [0.2, 0.25) is 0 Å². The lowest BCUT2D eigenvalue weighted by molar-refractivity contribution is -0.125. The van der Waals surface area contributed by atoms with Crippen molar-refractivity contribution in [3.8, 4) is 16.3 Å². The number of fused-ring (bicyclic) bond motifs is 2. The number of amides is 4. The summed E-state index contributed by atoms with van der Waals surface area (Å²) in [5, 5.41) is 6.95. The van der Waals surface area contributed by atoms with Gasteiger partial charge in [0.25, 0.3) is 11.8 Å². The molecule has 10 heteroatoms. The Morgan fingerprint density at radius 2 is 2.06 bits per heavy atom. The highest BCUT2D eigenvalue weighted by atomic mass is 32.1. The first-order chi connectivity index (χ1) is 16.5. The Labute approximate surface area is 197 Å². The molecule has 170 valence electrons. The number of hydrogen-bond donors (Lipinski definition) is 2. The molecule has 2 N–H and O–H groups in total. The van der Waals surface area contributed by atoms with Crippen LogP contribution in [0.5, 0.6) is 5.75 Å². The van der Waals surface area contributed by atoms with Crippen LogP contribution in [-0.2, 0) is 16.9 Å². The van der Waals surface area contributed by atoms with Crippen LogP contribution in [0.2, 0.25) is 0 Å². The van der Waals surface area contributed by atoms with E-state index in [1.54, 1.807) is 35.6 Å². The number of nitrogens with one attached hydrogen (secondary N) is 2. The van der Waals surface area contributed by atoms with Crippen molar-refractivity contribution >= 4 is 40.3 Å². The lowest BCUT2D eigenvalue weighted by Crippen LogP contribution is -2.52. The number of pyridine rings is 1. The normalized spacial score (nSPS) is 19.4. The van der Waals surface area contributed by atoms with Crippen molar-refractivity contribution < 1.29 is 23.5 Å². The highest BCUT2D eigenvalue weighted by molar-refractivity contribution is 7.13. The van der Waals surface area contributed by atoms with Gasteiger partial charge in [-0.1, -0.05) is 12.1 Å². The van der Waals surface area contributed by atoms with E-state index in [0.29, 0.717) is 29.0 Å². The van der Waals surface area contributed by atoms with Crippen LogP contribution in [0.3, 0.4) is 0 Å². The van der Waals surface area contributed by atoms with Gasteiger partial charge in [-0.15, -0.1) is 11.3 Å². The van der Waals surface area contributed by atoms with E-state index in [4.69, 9.17) is 9.15 Å². The lowest BCUT2D eigenvalue weighted by atomic mass is 9.95. The Kier molecular flexibility index (Phi) is 4.46. The Morgan fingerprint density at radius 1 is 1.18 bits per heavy atom. The summed E-state index contributed by atoms with van der Waals surface area (Å²) in [5.41, 5.74) is 1.55. The van der Waals surface area contributed by atoms with Crippen LogP contribution in [0.1, 0.15) is 21.7 Å². The number of imide groups is 1. The zero-order valence-electron chi connectivity index (χ0n) is 18.0. The molecule has 0 unspecified atom stereocenters. The fourth-order valence-electron chi connectivity index (χ4n) is 4.43. The zero-order chi connectivity index (χ0) is 23.4. The number of hydrogen-bond acceptors (Lipinski definition) is 7. The van der Waals surface area contributed by atoms with Gasteiger partial charge >= 0.3 is 6.03 Å². The van der Waals surface area contributed by atoms with E-state index in [1.807, 2.05) is 29.6 Å². The minimum Gasteiger partial charge on any atom is -0.497 e. The van der Waals surface area contributed by atoms with Gasteiger partial charge in [0.05, 0.1) is 24.2 Å². The Bertz CT molecular complexity index is 1480. The summed E-state index contributed by atoms with van der Waals surface area (Å²) >= 11 is 1.57. The predicted molar refractivity (Wildman–Crippen MR) is 123 cm³/mol. The SMILES string of the molecule is COc1ccc2c(c1)C(=O)N(C[C@@]1(c3cc4nc(-c5cccs5)ccc4o3)NC(=O)NC1=O)C2. The Balaban J connectivity index is 1.39. The topological polar surface area (TPSA) is 114 Å². The quantitative estimate of drug-likeness (QED) is 0.429. The van der Waals surface area contributed by atoms with E-state index < -0.39 is 17.5 Å². The fraction of sp³-hybridized carbons (Fsp3) is 0.167. The summed E-state index contributed by atoms with van der Waals surface area (Å²) < 4.78 is 11.2. The van der Waals surface area contributed by atoms with Crippen LogP contribution < -0.4 is 15.4 Å². The second kappa shape index (κ2) is 7.42. The molecule has 0 aliphatic carbocycles. The minimum absolute atomic E-state index is 0.0992. The van der Waals surface area contributed by atoms with Gasteiger partial charge in [-0.3, -0.25) is 14.9 Å². The summed E-state index contributed by atoms with van der Waals surface area (Å²) in [7, 11) is 1.53. The first-order valence-electron chi connectivity index (χ1n) is 10.5. The summed E-state index contributed by atoms with van der Waals surface area (Å²) in [6.45, 7) is 0.196. The molecule has 1 atom stereocenters. The maximum atomic E-state index is 13.1. The van der Waals surface area contributed by atoms with Crippen molar-refractivity contribution in [2.75, 3.05) is 13.7 Å². The van der Waals surface area contributed by atoms with Gasteiger partial charge in [0, 0.05) is 18.2 Å². The molecule has 3 aromatic heterocycles. The summed E-state index contributed by atoms with van der Waals surface area (Å²) in [6, 6.07) is 13.8. The molecule has 9 nitrogen and oxygen atoms in total. The molecule has 1 saturated heterocycles. The van der Waals surface area contributed by atoms with Crippen molar-refractivity contribution in [2.45, 2.75) is 12.1 Å². The number of benzene rings is 1. The Hall–Kier alpha value is -4.18. The number of rotatable bonds is 5. The predicted octanol–water partition coefficient (Wildman–Crippen LogP) is 3.26. The molecule has 0 spiro atoms. The van der Waals surface area contributed by atoms with Crippen LogP contribution in [0, 0.1) is 0 Å². The molecule has 0 bridgehead atoms. The first-order valence-corrected chi connectivity index (χ1v) is 11.4. The molecule has 1 aromatic carbocycles. The third-order valence-electron chi connectivity index (χ3n) is 6.13. The molecule has 1 fully saturated rings. The third-order valence-corrected chi connectivity index (χ3v) is 7.03. The van der Waals surface area contributed by atoms with Crippen molar-refractivity contribution in [3.63, 3.8) is 0 Å². The first kappa shape index (κ1) is 20.4. The number of carbonyl (C=O) groups excluding carboxylic acids is 3. The smallest absolute Gasteiger partial charge is 0.322 e. The number of carbonyl (C=O) groups is 3. The maximum Gasteiger partial charge on any atom is 0.322 e. The van der Waals surface area contributed by atoms with Crippen LogP contribution in [-0.4, -0.2) is 41.4 Å². The van der Waals surface area contributed by atoms with Gasteiger partial charge in [-0.2, -0.15) is 0 Å². The van der Waals surface area contributed by atoms with Gasteiger partial charge in [-0.25, -0.2) is 9.78 Å². The van der Waals surface area contributed by atoms with Crippen LogP contribution >= 0.6 is 11.3 Å². The number of urea groups is 1. The van der Waals surface area contributed by atoms with Crippen LogP contribution in [0.4, 0.5) is 4.79 Å². The second-order valence-corrected chi connectivity index (χ2v) is 9.11. The van der Waals surface area contributed by atoms with E-state index in [9.17, 15) is 14.4 Å². The molecule has 0 saturated carbocycles. The van der Waals surface area contributed by atoms with Crippen LogP contribution in [0.15, 0.2) is 58.3 Å². The number of ether oxygens (including phenoxy) is 1. The molecule has 5 heterocycles. The number of nitrogens with zero attached hydrogens (tertiary/aromatic N) is 2. The number of furan rings is 1. The average molecular weight is 474 g/mol. The van der Waals surface area contributed by atoms with Crippen molar-refractivity contribution in [2.24, 2.45) is 0 Å². The highest BCUT2D eigenvalue weighted by Gasteiger charge is 2.53. The fourth-order valence-corrected chi connectivity index (χ4v) is 5.13. The second-order valence-electron chi connectivity index (χ2n) is 8.17. The summed E-state index contributed by atoms with van der Waals surface area (Å²) in [5.74, 6) is -0.0590. The maximum absolute atomic E-state index is 13.1. The average Bonchev–Trinajstić information content (AvgIpc) is 3.61. The molecule has 2 aliphatic heterocycles. The molecule has 2 aliphatic rings. The molecule has 6 rings (SSSR count). The molecular formula is C24H18N4O5S. The van der Waals surface area contributed by atoms with E-state index >= 15 is 0 Å². The Morgan fingerprint density at radius 3 is 2.79 bits per heavy atom. The van der Waals surface area contributed by atoms with Crippen molar-refractivity contribution in [1.29, 1.82) is 0 Å². The van der Waals surface area contributed by atoms with Gasteiger partial charge in [0.15, 0.2) is 11.1 Å². The third kappa shape index (κ3) is 3.06. The highest BCUT2D eigenvalue weighted by Crippen LogP contribution is 2.35. The number of methoxy groups -OCH3 is 1. The largest absolute Gasteiger partial charge is 0.497 e. The monoisotopic (exact) mass is 474 g/mol. The van der Waals surface area contributed by atoms with Crippen molar-refractivity contribution in [1.82, 2.24) is 20.5 Å². The van der Waals surface area contributed by atoms with Gasteiger partial charge < -0.3 is 19.4 Å². The summed E-state index contributed by atoms with van der Waals surface area (Å²) in [4.78, 5) is 45.6. The molecule has 34 heavy (non-hydrogen) atoms. The minimum atomic E-state index is -1.58. The van der Waals surface area contributed by atoms with E-state index in [-0.39, 0.29) is 18.2 Å². The lowest BCUT2D eigenvalue weighted by Gasteiger charge is -2.28. The molecule has 4 aromatic rings. The number of aromatic nitrogens is 1. The zero-order valence-corrected chi connectivity index (χ0v) is 18.8. The van der Waals surface area contributed by atoms with Crippen molar-refractivity contribution in [3.05, 3.63) is 70.8 Å². The van der Waals surface area contributed by atoms with E-state index in [2.05, 4.69) is 15.6 Å².